The van der Waals surface area contributed by atoms with Gasteiger partial charge in [-0.25, -0.2) is 8.78 Å². The Morgan fingerprint density at radius 1 is 0.941 bits per heavy atom. The number of likely N-dealkylation sites (tertiary alicyclic amines) is 1. The zero-order valence-electron chi connectivity index (χ0n) is 19.1. The average Bonchev–Trinajstić information content (AvgIpc) is 3.69. The maximum Gasteiger partial charge on any atom is 0.248 e. The molecule has 3 aromatic carbocycles. The van der Waals surface area contributed by atoms with Gasteiger partial charge in [-0.3, -0.25) is 9.69 Å². The summed E-state index contributed by atoms with van der Waals surface area (Å²) < 4.78 is 35.3. The molecule has 2 saturated heterocycles. The molecule has 1 spiro atoms. The van der Waals surface area contributed by atoms with Crippen LogP contribution >= 0.6 is 0 Å². The van der Waals surface area contributed by atoms with Gasteiger partial charge in [0.15, 0.2) is 0 Å². The van der Waals surface area contributed by atoms with Crippen molar-refractivity contribution in [2.45, 2.75) is 43.9 Å². The number of morpholine rings is 1. The van der Waals surface area contributed by atoms with E-state index in [0.29, 0.717) is 30.1 Å². The molecule has 0 radical (unpaired) electrons. The highest BCUT2D eigenvalue weighted by Gasteiger charge is 2.46. The van der Waals surface area contributed by atoms with Crippen molar-refractivity contribution in [3.63, 3.8) is 0 Å². The molecule has 1 amide bonds. The molecule has 34 heavy (non-hydrogen) atoms. The first-order chi connectivity index (χ1) is 16.5. The highest BCUT2D eigenvalue weighted by atomic mass is 19.1. The lowest BCUT2D eigenvalue weighted by Crippen LogP contribution is -2.59. The van der Waals surface area contributed by atoms with Crippen LogP contribution in [0.4, 0.5) is 8.78 Å². The van der Waals surface area contributed by atoms with Gasteiger partial charge in [0.05, 0.1) is 12.1 Å². The Balaban J connectivity index is 1.13. The van der Waals surface area contributed by atoms with Crippen molar-refractivity contribution >= 4 is 16.7 Å². The van der Waals surface area contributed by atoms with Crippen LogP contribution < -0.4 is 0 Å². The van der Waals surface area contributed by atoms with Crippen molar-refractivity contribution in [3.8, 4) is 11.1 Å². The van der Waals surface area contributed by atoms with Crippen LogP contribution in [0.1, 0.15) is 31.2 Å². The largest absolute Gasteiger partial charge is 0.363 e. The number of hydrogen-bond acceptors (Lipinski definition) is 3. The quantitative estimate of drug-likeness (QED) is 0.538. The van der Waals surface area contributed by atoms with Crippen LogP contribution in [0.3, 0.4) is 0 Å². The van der Waals surface area contributed by atoms with Crippen molar-refractivity contribution in [1.82, 2.24) is 9.80 Å². The van der Waals surface area contributed by atoms with E-state index in [9.17, 15) is 9.18 Å². The molecule has 4 nitrogen and oxygen atoms in total. The van der Waals surface area contributed by atoms with Gasteiger partial charge in [-0.2, -0.15) is 0 Å². The zero-order valence-corrected chi connectivity index (χ0v) is 19.1. The van der Waals surface area contributed by atoms with Crippen molar-refractivity contribution < 1.29 is 18.3 Å². The molecular formula is C28H28F2N2O2. The van der Waals surface area contributed by atoms with Crippen molar-refractivity contribution in [1.29, 1.82) is 0 Å². The first kappa shape index (κ1) is 21.7. The molecule has 1 aliphatic carbocycles. The highest BCUT2D eigenvalue weighted by Crippen LogP contribution is 2.36. The van der Waals surface area contributed by atoms with Crippen molar-refractivity contribution in [2.75, 3.05) is 26.2 Å². The fourth-order valence-electron chi connectivity index (χ4n) is 5.39. The number of amides is 1. The smallest absolute Gasteiger partial charge is 0.248 e. The Kier molecular flexibility index (Phi) is 5.38. The molecule has 1 saturated carbocycles. The third-order valence-electron chi connectivity index (χ3n) is 7.64. The summed E-state index contributed by atoms with van der Waals surface area (Å²) in [4.78, 5) is 16.5. The Bertz CT molecular complexity index is 1250. The molecule has 3 aliphatic rings. The summed E-state index contributed by atoms with van der Waals surface area (Å²) in [6, 6.07) is 16.3. The summed E-state index contributed by atoms with van der Waals surface area (Å²) in [6.07, 6.45) is 3.92. The summed E-state index contributed by atoms with van der Waals surface area (Å²) in [5, 5.41) is 1.37. The van der Waals surface area contributed by atoms with Gasteiger partial charge in [-0.1, -0.05) is 36.4 Å². The molecule has 0 aromatic heterocycles. The third-order valence-corrected chi connectivity index (χ3v) is 7.64. The van der Waals surface area contributed by atoms with Crippen LogP contribution in [0, 0.1) is 11.6 Å². The van der Waals surface area contributed by atoms with Crippen molar-refractivity contribution in [2.24, 2.45) is 0 Å². The number of fused-ring (bicyclic) bond motifs is 1. The molecule has 3 fully saturated rings. The molecule has 176 valence electrons. The molecule has 2 aliphatic heterocycles. The monoisotopic (exact) mass is 462 g/mol. The summed E-state index contributed by atoms with van der Waals surface area (Å²) in [5.74, 6) is -0.399. The van der Waals surface area contributed by atoms with Crippen LogP contribution in [0.25, 0.3) is 21.9 Å². The number of rotatable bonds is 4. The normalized spacial score (nSPS) is 20.9. The average molecular weight is 463 g/mol. The molecule has 0 atom stereocenters. The van der Waals surface area contributed by atoms with Gasteiger partial charge in [0.25, 0.3) is 0 Å². The Morgan fingerprint density at radius 2 is 1.71 bits per heavy atom. The van der Waals surface area contributed by atoms with E-state index in [1.54, 1.807) is 18.2 Å². The molecular weight excluding hydrogens is 434 g/mol. The first-order valence-electron chi connectivity index (χ1n) is 12.1. The molecule has 3 aromatic rings. The number of benzene rings is 3. The Hall–Kier alpha value is -2.83. The van der Waals surface area contributed by atoms with Crippen LogP contribution in [0.2, 0.25) is 0 Å². The van der Waals surface area contributed by atoms with Crippen LogP contribution in [-0.2, 0) is 16.1 Å². The maximum absolute atomic E-state index is 15.1. The van der Waals surface area contributed by atoms with E-state index >= 15 is 4.39 Å². The summed E-state index contributed by atoms with van der Waals surface area (Å²) in [5.41, 5.74) is 1.95. The van der Waals surface area contributed by atoms with E-state index in [-0.39, 0.29) is 29.7 Å². The van der Waals surface area contributed by atoms with Gasteiger partial charge >= 0.3 is 0 Å². The molecule has 0 bridgehead atoms. The number of carbonyl (C=O) groups excluding carboxylic acids is 1. The van der Waals surface area contributed by atoms with Gasteiger partial charge in [0, 0.05) is 36.6 Å². The number of hydrogen-bond donors (Lipinski definition) is 0. The lowest BCUT2D eigenvalue weighted by atomic mass is 9.89. The topological polar surface area (TPSA) is 32.8 Å². The van der Waals surface area contributed by atoms with E-state index in [0.717, 1.165) is 55.3 Å². The van der Waals surface area contributed by atoms with Crippen molar-refractivity contribution in [3.05, 3.63) is 71.8 Å². The minimum absolute atomic E-state index is 0.117. The van der Waals surface area contributed by atoms with Gasteiger partial charge in [-0.05, 0) is 60.4 Å². The van der Waals surface area contributed by atoms with Gasteiger partial charge in [-0.15, -0.1) is 0 Å². The summed E-state index contributed by atoms with van der Waals surface area (Å²) in [7, 11) is 0. The number of carbonyl (C=O) groups is 1. The first-order valence-corrected chi connectivity index (χ1v) is 12.1. The lowest BCUT2D eigenvalue weighted by Gasteiger charge is -2.47. The Morgan fingerprint density at radius 3 is 2.47 bits per heavy atom. The summed E-state index contributed by atoms with van der Waals surface area (Å²) in [6.45, 7) is 3.06. The Labute approximate surface area is 198 Å². The second-order valence-corrected chi connectivity index (χ2v) is 9.98. The van der Waals surface area contributed by atoms with Crippen LogP contribution in [0.5, 0.6) is 0 Å². The number of ether oxygens (including phenoxy) is 1. The summed E-state index contributed by atoms with van der Waals surface area (Å²) >= 11 is 0. The fourth-order valence-corrected chi connectivity index (χ4v) is 5.39. The molecule has 6 heteroatoms. The molecule has 2 heterocycles. The predicted molar refractivity (Wildman–Crippen MR) is 127 cm³/mol. The maximum atomic E-state index is 15.1. The highest BCUT2D eigenvalue weighted by molar-refractivity contribution is 5.87. The predicted octanol–water partition coefficient (Wildman–Crippen LogP) is 5.14. The lowest BCUT2D eigenvalue weighted by molar-refractivity contribution is -0.172. The zero-order chi connectivity index (χ0) is 23.3. The minimum Gasteiger partial charge on any atom is -0.363 e. The van der Waals surface area contributed by atoms with Crippen LogP contribution in [0.15, 0.2) is 54.6 Å². The second kappa shape index (κ2) is 8.43. The SMILES string of the molecule is O=C1COC2(CCN(Cc3ccc(-c4ccc5cccc(F)c5c4)cc3F)CC2)CN1C1CC1. The minimum atomic E-state index is -0.272. The van der Waals surface area contributed by atoms with Gasteiger partial charge < -0.3 is 9.64 Å². The van der Waals surface area contributed by atoms with Crippen LogP contribution in [-0.4, -0.2) is 53.6 Å². The van der Waals surface area contributed by atoms with Gasteiger partial charge in [0.1, 0.15) is 18.2 Å². The van der Waals surface area contributed by atoms with E-state index in [4.69, 9.17) is 4.74 Å². The third kappa shape index (κ3) is 4.10. The fraction of sp³-hybridized carbons (Fsp3) is 0.393. The molecule has 0 unspecified atom stereocenters. The second-order valence-electron chi connectivity index (χ2n) is 9.98. The molecule has 0 N–H and O–H groups in total. The number of piperidine rings is 1. The number of halogens is 2. The van der Waals surface area contributed by atoms with E-state index in [1.807, 2.05) is 35.2 Å². The standard InChI is InChI=1S/C28H28F2N2O2/c29-25-3-1-2-19-4-5-20(14-24(19)25)21-6-7-22(26(30)15-21)16-31-12-10-28(11-13-31)18-32(23-8-9-23)27(33)17-34-28/h1-7,14-15,23H,8-13,16-18H2. The van der Waals surface area contributed by atoms with E-state index < -0.39 is 0 Å². The van der Waals surface area contributed by atoms with E-state index in [2.05, 4.69) is 4.90 Å². The number of nitrogens with zero attached hydrogens (tertiary/aromatic N) is 2. The van der Waals surface area contributed by atoms with Gasteiger partial charge in [0.2, 0.25) is 5.91 Å². The van der Waals surface area contributed by atoms with E-state index in [1.165, 1.54) is 6.07 Å². The molecule has 6 rings (SSSR count).